The lowest BCUT2D eigenvalue weighted by Gasteiger charge is -2.34. The lowest BCUT2D eigenvalue weighted by atomic mass is 9.96. The molecule has 4 aromatic rings. The van der Waals surface area contributed by atoms with Crippen molar-refractivity contribution in [2.45, 2.75) is 46.2 Å². The summed E-state index contributed by atoms with van der Waals surface area (Å²) in [4.78, 5) is 2.28. The summed E-state index contributed by atoms with van der Waals surface area (Å²) >= 11 is 0. The Hall–Kier alpha value is -3.19. The molecule has 0 radical (unpaired) electrons. The van der Waals surface area contributed by atoms with Gasteiger partial charge in [-0.25, -0.2) is 0 Å². The standard InChI is InChI=1S/C25H29N5O2/c1-15-6-8-20-22(32-29-23(20)27-25(3,4)5)21(15)17-7-9-19-18(12-17)13-26-28-24(19)30-10-11-31-14-16(30)2/h6-9,12-13,16H,10-11,14H2,1-5H3,(H,27,29)/t16-/m0/s1. The minimum Gasteiger partial charge on any atom is -0.377 e. The molecule has 32 heavy (non-hydrogen) atoms. The Kier molecular flexibility index (Phi) is 5.01. The van der Waals surface area contributed by atoms with E-state index in [4.69, 9.17) is 9.26 Å². The van der Waals surface area contributed by atoms with Crippen LogP contribution in [0.25, 0.3) is 32.9 Å². The van der Waals surface area contributed by atoms with Crippen LogP contribution < -0.4 is 10.2 Å². The quantitative estimate of drug-likeness (QED) is 0.479. The van der Waals surface area contributed by atoms with E-state index >= 15 is 0 Å². The van der Waals surface area contributed by atoms with Crippen molar-refractivity contribution in [2.24, 2.45) is 0 Å². The largest absolute Gasteiger partial charge is 0.377 e. The maximum Gasteiger partial charge on any atom is 0.177 e. The molecular formula is C25H29N5O2. The molecule has 1 fully saturated rings. The summed E-state index contributed by atoms with van der Waals surface area (Å²) in [5, 5.41) is 19.7. The summed E-state index contributed by atoms with van der Waals surface area (Å²) < 4.78 is 11.4. The van der Waals surface area contributed by atoms with Gasteiger partial charge in [0.25, 0.3) is 0 Å². The van der Waals surface area contributed by atoms with Gasteiger partial charge in [-0.2, -0.15) is 5.10 Å². The Morgan fingerprint density at radius 2 is 1.94 bits per heavy atom. The number of ether oxygens (including phenoxy) is 1. The van der Waals surface area contributed by atoms with Gasteiger partial charge in [0.05, 0.1) is 30.8 Å². The van der Waals surface area contributed by atoms with Crippen molar-refractivity contribution in [1.29, 1.82) is 0 Å². The topological polar surface area (TPSA) is 76.3 Å². The summed E-state index contributed by atoms with van der Waals surface area (Å²) in [7, 11) is 0. The first-order chi connectivity index (χ1) is 15.3. The zero-order valence-electron chi connectivity index (χ0n) is 19.3. The predicted molar refractivity (Wildman–Crippen MR) is 128 cm³/mol. The second-order valence-electron chi connectivity index (χ2n) is 9.63. The molecule has 2 aromatic heterocycles. The molecule has 0 unspecified atom stereocenters. The molecule has 0 bridgehead atoms. The first kappa shape index (κ1) is 20.7. The van der Waals surface area contributed by atoms with E-state index in [2.05, 4.69) is 90.5 Å². The fourth-order valence-corrected chi connectivity index (χ4v) is 4.39. The number of anilines is 2. The molecule has 1 saturated heterocycles. The summed E-state index contributed by atoms with van der Waals surface area (Å²) in [5.74, 6) is 1.68. The minimum absolute atomic E-state index is 0.108. The summed E-state index contributed by atoms with van der Waals surface area (Å²) in [6.07, 6.45) is 1.83. The first-order valence-electron chi connectivity index (χ1n) is 11.1. The highest BCUT2D eigenvalue weighted by Gasteiger charge is 2.23. The van der Waals surface area contributed by atoms with Gasteiger partial charge in [-0.05, 0) is 63.9 Å². The van der Waals surface area contributed by atoms with Crippen molar-refractivity contribution < 1.29 is 9.26 Å². The average Bonchev–Trinajstić information content (AvgIpc) is 3.14. The van der Waals surface area contributed by atoms with Crippen LogP contribution in [0, 0.1) is 6.92 Å². The van der Waals surface area contributed by atoms with Crippen LogP contribution in [0.15, 0.2) is 41.1 Å². The van der Waals surface area contributed by atoms with Gasteiger partial charge in [0.2, 0.25) is 0 Å². The Balaban J connectivity index is 1.62. The van der Waals surface area contributed by atoms with Crippen LogP contribution in [0.3, 0.4) is 0 Å². The van der Waals surface area contributed by atoms with Crippen LogP contribution in [0.4, 0.5) is 11.6 Å². The third-order valence-electron chi connectivity index (χ3n) is 5.91. The molecule has 0 aliphatic carbocycles. The molecule has 166 valence electrons. The highest BCUT2D eigenvalue weighted by molar-refractivity contribution is 6.02. The second kappa shape index (κ2) is 7.74. The van der Waals surface area contributed by atoms with E-state index in [1.54, 1.807) is 0 Å². The molecule has 0 amide bonds. The van der Waals surface area contributed by atoms with Crippen LogP contribution in [0.2, 0.25) is 0 Å². The van der Waals surface area contributed by atoms with Gasteiger partial charge in [-0.3, -0.25) is 0 Å². The SMILES string of the molecule is Cc1ccc2c(NC(C)(C)C)noc2c1-c1ccc2c(N3CCOC[C@@H]3C)nncc2c1. The van der Waals surface area contributed by atoms with Gasteiger partial charge in [0.1, 0.15) is 0 Å². The molecule has 5 rings (SSSR count). The molecular weight excluding hydrogens is 402 g/mol. The zero-order chi connectivity index (χ0) is 22.5. The number of aryl methyl sites for hydroxylation is 1. The second-order valence-corrected chi connectivity index (χ2v) is 9.63. The third-order valence-corrected chi connectivity index (χ3v) is 5.91. The van der Waals surface area contributed by atoms with Crippen LogP contribution in [-0.2, 0) is 4.74 Å². The number of hydrogen-bond donors (Lipinski definition) is 1. The van der Waals surface area contributed by atoms with Crippen molar-refractivity contribution in [3.8, 4) is 11.1 Å². The van der Waals surface area contributed by atoms with Crippen molar-refractivity contribution in [3.63, 3.8) is 0 Å². The number of morpholine rings is 1. The summed E-state index contributed by atoms with van der Waals surface area (Å²) in [6, 6.07) is 10.9. The van der Waals surface area contributed by atoms with Gasteiger partial charge < -0.3 is 19.5 Å². The van der Waals surface area contributed by atoms with Crippen LogP contribution in [0.5, 0.6) is 0 Å². The van der Waals surface area contributed by atoms with E-state index in [0.717, 1.165) is 56.6 Å². The van der Waals surface area contributed by atoms with Crippen LogP contribution in [-0.4, -0.2) is 46.7 Å². The van der Waals surface area contributed by atoms with Gasteiger partial charge in [0, 0.05) is 28.4 Å². The molecule has 1 N–H and O–H groups in total. The Bertz CT molecular complexity index is 1290. The van der Waals surface area contributed by atoms with E-state index in [1.165, 1.54) is 0 Å². The van der Waals surface area contributed by atoms with Gasteiger partial charge >= 0.3 is 0 Å². The monoisotopic (exact) mass is 431 g/mol. The Morgan fingerprint density at radius 1 is 1.12 bits per heavy atom. The minimum atomic E-state index is -0.108. The van der Waals surface area contributed by atoms with Crippen molar-refractivity contribution in [3.05, 3.63) is 42.1 Å². The summed E-state index contributed by atoms with van der Waals surface area (Å²) in [5.41, 5.74) is 3.95. The van der Waals surface area contributed by atoms with E-state index in [1.807, 2.05) is 6.20 Å². The normalized spacial score (nSPS) is 17.3. The molecule has 0 spiro atoms. The fraction of sp³-hybridized carbons (Fsp3) is 0.400. The van der Waals surface area contributed by atoms with Gasteiger partial charge in [-0.15, -0.1) is 5.10 Å². The van der Waals surface area contributed by atoms with Crippen molar-refractivity contribution >= 4 is 33.4 Å². The fourth-order valence-electron chi connectivity index (χ4n) is 4.39. The van der Waals surface area contributed by atoms with Gasteiger partial charge in [0.15, 0.2) is 17.2 Å². The van der Waals surface area contributed by atoms with E-state index < -0.39 is 0 Å². The van der Waals surface area contributed by atoms with Gasteiger partial charge in [-0.1, -0.05) is 17.3 Å². The molecule has 7 heteroatoms. The number of rotatable bonds is 3. The molecule has 7 nitrogen and oxygen atoms in total. The molecule has 0 saturated carbocycles. The number of nitrogens with one attached hydrogen (secondary N) is 1. The molecule has 1 atom stereocenters. The van der Waals surface area contributed by atoms with Crippen LogP contribution >= 0.6 is 0 Å². The van der Waals surface area contributed by atoms with Crippen molar-refractivity contribution in [2.75, 3.05) is 30.0 Å². The molecule has 1 aliphatic rings. The average molecular weight is 432 g/mol. The van der Waals surface area contributed by atoms with Crippen LogP contribution in [0.1, 0.15) is 33.3 Å². The molecule has 2 aromatic carbocycles. The Morgan fingerprint density at radius 3 is 2.72 bits per heavy atom. The zero-order valence-corrected chi connectivity index (χ0v) is 19.3. The molecule has 3 heterocycles. The highest BCUT2D eigenvalue weighted by atomic mass is 16.5. The maximum absolute atomic E-state index is 5.84. The lowest BCUT2D eigenvalue weighted by molar-refractivity contribution is 0.0986. The first-order valence-corrected chi connectivity index (χ1v) is 11.1. The number of benzene rings is 2. The van der Waals surface area contributed by atoms with Crippen molar-refractivity contribution in [1.82, 2.24) is 15.4 Å². The highest BCUT2D eigenvalue weighted by Crippen LogP contribution is 2.38. The molecule has 1 aliphatic heterocycles. The smallest absolute Gasteiger partial charge is 0.177 e. The Labute approximate surface area is 187 Å². The van der Waals surface area contributed by atoms with E-state index in [0.29, 0.717) is 13.2 Å². The number of aromatic nitrogens is 3. The number of fused-ring (bicyclic) bond motifs is 2. The number of hydrogen-bond acceptors (Lipinski definition) is 7. The summed E-state index contributed by atoms with van der Waals surface area (Å²) in [6.45, 7) is 12.8. The third kappa shape index (κ3) is 3.66. The lowest BCUT2D eigenvalue weighted by Crippen LogP contribution is -2.44. The predicted octanol–water partition coefficient (Wildman–Crippen LogP) is 5.18. The number of nitrogens with zero attached hydrogens (tertiary/aromatic N) is 4. The van der Waals surface area contributed by atoms with E-state index in [-0.39, 0.29) is 11.6 Å². The van der Waals surface area contributed by atoms with E-state index in [9.17, 15) is 0 Å². The maximum atomic E-state index is 5.84.